The fourth-order valence-corrected chi connectivity index (χ4v) is 1.79. The smallest absolute Gasteiger partial charge is 0.333 e. The van der Waals surface area contributed by atoms with E-state index in [1.165, 1.54) is 4.68 Å². The first kappa shape index (κ1) is 12.1. The SMILES string of the molecule is Cc1nn(C)c(NCCn2ccnc2)c1[N+](=O)[O-]. The third kappa shape index (κ3) is 2.31. The van der Waals surface area contributed by atoms with Gasteiger partial charge in [-0.3, -0.25) is 10.1 Å². The molecule has 0 bridgehead atoms. The molecule has 0 aromatic carbocycles. The Bertz CT molecular complexity index is 545. The molecular formula is C10H14N6O2. The molecular weight excluding hydrogens is 236 g/mol. The van der Waals surface area contributed by atoms with E-state index in [1.54, 1.807) is 26.5 Å². The maximum atomic E-state index is 10.9. The molecule has 0 aliphatic heterocycles. The zero-order valence-electron chi connectivity index (χ0n) is 10.2. The van der Waals surface area contributed by atoms with Crippen molar-refractivity contribution in [2.75, 3.05) is 11.9 Å². The van der Waals surface area contributed by atoms with E-state index in [1.807, 2.05) is 10.8 Å². The van der Waals surface area contributed by atoms with Crippen LogP contribution in [0.1, 0.15) is 5.69 Å². The van der Waals surface area contributed by atoms with Crippen LogP contribution in [0.4, 0.5) is 11.5 Å². The lowest BCUT2D eigenvalue weighted by atomic mass is 10.4. The third-order valence-corrected chi connectivity index (χ3v) is 2.59. The molecule has 0 radical (unpaired) electrons. The molecule has 18 heavy (non-hydrogen) atoms. The molecule has 2 aromatic rings. The second kappa shape index (κ2) is 4.86. The van der Waals surface area contributed by atoms with Gasteiger partial charge in [0, 0.05) is 32.5 Å². The molecule has 0 saturated heterocycles. The summed E-state index contributed by atoms with van der Waals surface area (Å²) in [6.45, 7) is 2.87. The van der Waals surface area contributed by atoms with Crippen LogP contribution in [0, 0.1) is 17.0 Å². The first-order chi connectivity index (χ1) is 8.59. The van der Waals surface area contributed by atoms with Crippen molar-refractivity contribution < 1.29 is 4.92 Å². The Morgan fingerprint density at radius 2 is 2.33 bits per heavy atom. The van der Waals surface area contributed by atoms with Crippen molar-refractivity contribution in [3.05, 3.63) is 34.5 Å². The molecule has 2 rings (SSSR count). The molecule has 0 fully saturated rings. The van der Waals surface area contributed by atoms with Gasteiger partial charge >= 0.3 is 5.69 Å². The highest BCUT2D eigenvalue weighted by atomic mass is 16.6. The van der Waals surface area contributed by atoms with Gasteiger partial charge in [0.1, 0.15) is 5.69 Å². The quantitative estimate of drug-likeness (QED) is 0.630. The van der Waals surface area contributed by atoms with Crippen LogP contribution in [0.25, 0.3) is 0 Å². The van der Waals surface area contributed by atoms with Crippen LogP contribution in [-0.2, 0) is 13.6 Å². The van der Waals surface area contributed by atoms with E-state index >= 15 is 0 Å². The Morgan fingerprint density at radius 1 is 1.56 bits per heavy atom. The maximum absolute atomic E-state index is 10.9. The van der Waals surface area contributed by atoms with E-state index in [0.29, 0.717) is 24.6 Å². The van der Waals surface area contributed by atoms with E-state index in [4.69, 9.17) is 0 Å². The summed E-state index contributed by atoms with van der Waals surface area (Å²) in [6, 6.07) is 0. The minimum atomic E-state index is -0.415. The number of anilines is 1. The molecule has 8 heteroatoms. The number of nitro groups is 1. The molecule has 0 unspecified atom stereocenters. The summed E-state index contributed by atoms with van der Waals surface area (Å²) in [5.41, 5.74) is 0.441. The van der Waals surface area contributed by atoms with E-state index in [-0.39, 0.29) is 5.69 Å². The molecule has 0 aliphatic rings. The second-order valence-corrected chi connectivity index (χ2v) is 3.89. The van der Waals surface area contributed by atoms with Gasteiger partial charge in [0.2, 0.25) is 5.82 Å². The van der Waals surface area contributed by atoms with Gasteiger partial charge in [0.15, 0.2) is 0 Å². The monoisotopic (exact) mass is 250 g/mol. The zero-order valence-corrected chi connectivity index (χ0v) is 10.2. The summed E-state index contributed by atoms with van der Waals surface area (Å²) in [4.78, 5) is 14.5. The van der Waals surface area contributed by atoms with Gasteiger partial charge in [-0.15, -0.1) is 0 Å². The average molecular weight is 250 g/mol. The van der Waals surface area contributed by atoms with E-state index in [2.05, 4.69) is 15.4 Å². The van der Waals surface area contributed by atoms with Crippen LogP contribution >= 0.6 is 0 Å². The van der Waals surface area contributed by atoms with E-state index < -0.39 is 4.92 Å². The number of hydrogen-bond donors (Lipinski definition) is 1. The summed E-state index contributed by atoms with van der Waals surface area (Å²) in [6.07, 6.45) is 5.23. The van der Waals surface area contributed by atoms with E-state index in [0.717, 1.165) is 0 Å². The third-order valence-electron chi connectivity index (χ3n) is 2.59. The molecule has 0 amide bonds. The van der Waals surface area contributed by atoms with Crippen LogP contribution < -0.4 is 5.32 Å². The Labute approximate surface area is 103 Å². The van der Waals surface area contributed by atoms with Crippen LogP contribution in [0.2, 0.25) is 0 Å². The minimum Gasteiger partial charge on any atom is -0.363 e. The minimum absolute atomic E-state index is 0.0307. The highest BCUT2D eigenvalue weighted by Crippen LogP contribution is 2.26. The van der Waals surface area contributed by atoms with Crippen molar-refractivity contribution in [3.8, 4) is 0 Å². The lowest BCUT2D eigenvalue weighted by Crippen LogP contribution is -2.12. The molecule has 0 saturated carbocycles. The molecule has 2 aromatic heterocycles. The van der Waals surface area contributed by atoms with Gasteiger partial charge in [-0.25, -0.2) is 9.67 Å². The standard InChI is InChI=1S/C10H14N6O2/c1-8-9(16(17)18)10(14(2)13-8)12-4-6-15-5-3-11-7-15/h3,5,7,12H,4,6H2,1-2H3. The summed E-state index contributed by atoms with van der Waals surface area (Å²) in [5.74, 6) is 0.428. The van der Waals surface area contributed by atoms with Gasteiger partial charge in [-0.1, -0.05) is 0 Å². The van der Waals surface area contributed by atoms with Crippen molar-refractivity contribution in [3.63, 3.8) is 0 Å². The number of nitrogens with zero attached hydrogens (tertiary/aromatic N) is 5. The highest BCUT2D eigenvalue weighted by Gasteiger charge is 2.23. The summed E-state index contributed by atoms with van der Waals surface area (Å²) >= 11 is 0. The Balaban J connectivity index is 2.07. The Morgan fingerprint density at radius 3 is 2.94 bits per heavy atom. The molecule has 2 heterocycles. The summed E-state index contributed by atoms with van der Waals surface area (Å²) in [7, 11) is 1.68. The number of aryl methyl sites for hydroxylation is 2. The molecule has 1 N–H and O–H groups in total. The number of rotatable bonds is 5. The first-order valence-corrected chi connectivity index (χ1v) is 5.47. The predicted octanol–water partition coefficient (Wildman–Crippen LogP) is 0.945. The lowest BCUT2D eigenvalue weighted by Gasteiger charge is -2.06. The number of hydrogen-bond acceptors (Lipinski definition) is 5. The van der Waals surface area contributed by atoms with Crippen molar-refractivity contribution in [2.24, 2.45) is 7.05 Å². The molecule has 0 aliphatic carbocycles. The predicted molar refractivity (Wildman–Crippen MR) is 65.3 cm³/mol. The first-order valence-electron chi connectivity index (χ1n) is 5.47. The number of imidazole rings is 1. The summed E-state index contributed by atoms with van der Waals surface area (Å²) < 4.78 is 3.38. The lowest BCUT2D eigenvalue weighted by molar-refractivity contribution is -0.384. The second-order valence-electron chi connectivity index (χ2n) is 3.89. The van der Waals surface area contributed by atoms with Gasteiger partial charge in [-0.2, -0.15) is 5.10 Å². The van der Waals surface area contributed by atoms with Gasteiger partial charge in [0.25, 0.3) is 0 Å². The highest BCUT2D eigenvalue weighted by molar-refractivity contribution is 5.59. The molecule has 96 valence electrons. The van der Waals surface area contributed by atoms with Gasteiger partial charge in [0.05, 0.1) is 11.3 Å². The average Bonchev–Trinajstić information content (AvgIpc) is 2.87. The maximum Gasteiger partial charge on any atom is 0.333 e. The van der Waals surface area contributed by atoms with Crippen LogP contribution in [0.3, 0.4) is 0 Å². The zero-order chi connectivity index (χ0) is 13.1. The number of aromatic nitrogens is 4. The Kier molecular flexibility index (Phi) is 3.26. The normalized spacial score (nSPS) is 10.6. The van der Waals surface area contributed by atoms with E-state index in [9.17, 15) is 10.1 Å². The molecule has 8 nitrogen and oxygen atoms in total. The Hall–Kier alpha value is -2.38. The fraction of sp³-hybridized carbons (Fsp3) is 0.400. The fourth-order valence-electron chi connectivity index (χ4n) is 1.79. The van der Waals surface area contributed by atoms with Crippen molar-refractivity contribution >= 4 is 11.5 Å². The molecule has 0 atom stereocenters. The van der Waals surface area contributed by atoms with Gasteiger partial charge in [-0.05, 0) is 6.92 Å². The van der Waals surface area contributed by atoms with Crippen LogP contribution in [-0.4, -0.2) is 30.8 Å². The van der Waals surface area contributed by atoms with Crippen molar-refractivity contribution in [1.29, 1.82) is 0 Å². The van der Waals surface area contributed by atoms with Crippen molar-refractivity contribution in [1.82, 2.24) is 19.3 Å². The topological polar surface area (TPSA) is 90.8 Å². The largest absolute Gasteiger partial charge is 0.363 e. The van der Waals surface area contributed by atoms with Gasteiger partial charge < -0.3 is 9.88 Å². The molecule has 0 spiro atoms. The van der Waals surface area contributed by atoms with Crippen molar-refractivity contribution in [2.45, 2.75) is 13.5 Å². The van der Waals surface area contributed by atoms with Crippen LogP contribution in [0.5, 0.6) is 0 Å². The number of nitrogens with one attached hydrogen (secondary N) is 1. The van der Waals surface area contributed by atoms with Crippen LogP contribution in [0.15, 0.2) is 18.7 Å². The summed E-state index contributed by atoms with van der Waals surface area (Å²) in [5, 5.41) is 18.0.